The molecule has 1 aromatic carbocycles. The van der Waals surface area contributed by atoms with E-state index in [1.165, 1.54) is 7.11 Å². The van der Waals surface area contributed by atoms with Crippen molar-refractivity contribution >= 4 is 37.6 Å². The molecular weight excluding hydrogens is 570 g/mol. The van der Waals surface area contributed by atoms with Gasteiger partial charge in [-0.05, 0) is 64.3 Å². The van der Waals surface area contributed by atoms with Gasteiger partial charge in [0.25, 0.3) is 0 Å². The molecule has 4 N–H and O–H groups in total. The summed E-state index contributed by atoms with van der Waals surface area (Å²) in [6.45, 7) is 14.9. The summed E-state index contributed by atoms with van der Waals surface area (Å²) in [4.78, 5) is 42.0. The van der Waals surface area contributed by atoms with Crippen LogP contribution in [0, 0.1) is 6.92 Å². The molecule has 2 heterocycles. The Morgan fingerprint density at radius 3 is 2.47 bits per heavy atom. The van der Waals surface area contributed by atoms with Crippen LogP contribution < -0.4 is 16.0 Å². The molecule has 1 aromatic heterocycles. The summed E-state index contributed by atoms with van der Waals surface area (Å²) in [6.07, 6.45) is 4.72. The zero-order valence-electron chi connectivity index (χ0n) is 26.4. The average molecular weight is 616 g/mol. The van der Waals surface area contributed by atoms with Crippen LogP contribution in [-0.4, -0.2) is 66.2 Å². The van der Waals surface area contributed by atoms with Gasteiger partial charge in [0.2, 0.25) is 0 Å². The maximum atomic E-state index is 12.9. The molecule has 236 valence electrons. The molecule has 2 atom stereocenters. The first kappa shape index (κ1) is 33.7. The van der Waals surface area contributed by atoms with Crippen LogP contribution in [0.2, 0.25) is 25.7 Å². The first-order chi connectivity index (χ1) is 20.1. The Hall–Kier alpha value is -3.84. The number of rotatable bonds is 8. The van der Waals surface area contributed by atoms with E-state index >= 15 is 0 Å². The van der Waals surface area contributed by atoms with E-state index in [-0.39, 0.29) is 13.2 Å². The van der Waals surface area contributed by atoms with Crippen LogP contribution in [0.25, 0.3) is 11.3 Å². The summed E-state index contributed by atoms with van der Waals surface area (Å²) in [5, 5.41) is 18.7. The van der Waals surface area contributed by atoms with Crippen molar-refractivity contribution in [1.29, 1.82) is 0 Å². The molecular formula is C30H45N5O7Si. The number of ether oxygens (including phenoxy) is 3. The van der Waals surface area contributed by atoms with Gasteiger partial charge in [0, 0.05) is 37.8 Å². The second-order valence-corrected chi connectivity index (χ2v) is 18.4. The minimum atomic E-state index is -1.32. The van der Waals surface area contributed by atoms with Crippen LogP contribution in [0.3, 0.4) is 0 Å². The molecule has 0 spiro atoms. The standard InChI is InChI=1S/C30H45N5O7Si/c1-19-15-20(31-28(38)40-5)16-23-25(19)24-17-35(18-41-13-14-43(6,7)8)26(33-24)21(34-29(39)42-30(2,3)4)11-9-10-12-22(32-23)27(36)37/h9-10,15-17,21-22,32H,11-14,18H2,1-8H3,(H,31,38)(H,34,39)(H,36,37)/t21-,22+/m0/s1. The van der Waals surface area contributed by atoms with E-state index in [2.05, 4.69) is 35.6 Å². The number of anilines is 2. The predicted octanol–water partition coefficient (Wildman–Crippen LogP) is 6.13. The number of hydrogen-bond acceptors (Lipinski definition) is 8. The Balaban J connectivity index is 2.15. The number of hydrogen-bond donors (Lipinski definition) is 4. The number of alkyl carbamates (subject to hydrolysis) is 1. The number of carboxylic acids is 1. The molecule has 0 fully saturated rings. The maximum absolute atomic E-state index is 12.9. The molecule has 13 heteroatoms. The van der Waals surface area contributed by atoms with E-state index in [1.807, 2.05) is 23.8 Å². The SMILES string of the molecule is COC(=O)Nc1cc(C)c2c(c1)N[C@@H](C(=O)O)CC=CC[C@H](NC(=O)OC(C)(C)C)c1nc-2cn1COCC[Si](C)(C)C. The van der Waals surface area contributed by atoms with Gasteiger partial charge in [0.05, 0.1) is 18.8 Å². The fraction of sp³-hybridized carbons (Fsp3) is 0.533. The number of fused-ring (bicyclic) bond motifs is 4. The number of amides is 2. The summed E-state index contributed by atoms with van der Waals surface area (Å²) in [7, 11) is -0.0505. The summed E-state index contributed by atoms with van der Waals surface area (Å²) in [5.74, 6) is -0.474. The molecule has 1 aliphatic rings. The Morgan fingerprint density at radius 2 is 1.84 bits per heavy atom. The van der Waals surface area contributed by atoms with Crippen molar-refractivity contribution in [2.24, 2.45) is 0 Å². The first-order valence-corrected chi connectivity index (χ1v) is 18.1. The minimum absolute atomic E-state index is 0.177. The highest BCUT2D eigenvalue weighted by molar-refractivity contribution is 6.76. The normalized spacial score (nSPS) is 17.0. The van der Waals surface area contributed by atoms with Crippen molar-refractivity contribution in [2.45, 2.75) is 90.6 Å². The molecule has 12 nitrogen and oxygen atoms in total. The lowest BCUT2D eigenvalue weighted by Gasteiger charge is -2.24. The third-order valence-electron chi connectivity index (χ3n) is 6.60. The highest BCUT2D eigenvalue weighted by Crippen LogP contribution is 2.36. The van der Waals surface area contributed by atoms with Gasteiger partial charge in [-0.3, -0.25) is 5.32 Å². The summed E-state index contributed by atoms with van der Waals surface area (Å²) in [5.41, 5.74) is 2.16. The number of aromatic nitrogens is 2. The molecule has 0 saturated carbocycles. The van der Waals surface area contributed by atoms with Crippen molar-refractivity contribution in [1.82, 2.24) is 14.9 Å². The fourth-order valence-corrected chi connectivity index (χ4v) is 5.26. The fourth-order valence-electron chi connectivity index (χ4n) is 4.51. The molecule has 2 aromatic rings. The molecule has 2 bridgehead atoms. The van der Waals surface area contributed by atoms with Gasteiger partial charge in [-0.2, -0.15) is 0 Å². The van der Waals surface area contributed by atoms with Gasteiger partial charge in [-0.1, -0.05) is 31.8 Å². The Bertz CT molecular complexity index is 1340. The summed E-state index contributed by atoms with van der Waals surface area (Å²) >= 11 is 0. The quantitative estimate of drug-likeness (QED) is 0.156. The van der Waals surface area contributed by atoms with Crippen LogP contribution in [-0.2, 0) is 25.7 Å². The zero-order chi connectivity index (χ0) is 31.9. The molecule has 43 heavy (non-hydrogen) atoms. The molecule has 0 aliphatic carbocycles. The number of benzene rings is 1. The largest absolute Gasteiger partial charge is 0.480 e. The molecule has 3 rings (SSSR count). The lowest BCUT2D eigenvalue weighted by molar-refractivity contribution is -0.137. The van der Waals surface area contributed by atoms with E-state index in [0.717, 1.165) is 11.6 Å². The number of aryl methyl sites for hydroxylation is 1. The number of imidazole rings is 1. The minimum Gasteiger partial charge on any atom is -0.480 e. The van der Waals surface area contributed by atoms with Crippen LogP contribution >= 0.6 is 0 Å². The van der Waals surface area contributed by atoms with Crippen LogP contribution in [0.4, 0.5) is 21.0 Å². The molecule has 0 saturated heterocycles. The summed E-state index contributed by atoms with van der Waals surface area (Å²) in [6, 6.07) is 2.86. The van der Waals surface area contributed by atoms with Crippen molar-refractivity contribution in [3.63, 3.8) is 0 Å². The monoisotopic (exact) mass is 615 g/mol. The van der Waals surface area contributed by atoms with E-state index < -0.39 is 43.9 Å². The van der Waals surface area contributed by atoms with Gasteiger partial charge in [0.1, 0.15) is 24.2 Å². The van der Waals surface area contributed by atoms with Gasteiger partial charge < -0.3 is 34.5 Å². The first-order valence-electron chi connectivity index (χ1n) is 14.3. The second kappa shape index (κ2) is 14.1. The number of carboxylic acid groups (broad SMARTS) is 1. The molecule has 0 unspecified atom stereocenters. The lowest BCUT2D eigenvalue weighted by atomic mass is 10.0. The van der Waals surface area contributed by atoms with Gasteiger partial charge in [-0.25, -0.2) is 19.4 Å². The van der Waals surface area contributed by atoms with Crippen molar-refractivity contribution in [2.75, 3.05) is 24.4 Å². The van der Waals surface area contributed by atoms with Gasteiger partial charge >= 0.3 is 18.2 Å². The number of carbonyl (C=O) groups excluding carboxylic acids is 2. The number of methoxy groups -OCH3 is 1. The van der Waals surface area contributed by atoms with Crippen molar-refractivity contribution in [3.05, 3.63) is 41.9 Å². The number of carbonyl (C=O) groups is 3. The third-order valence-corrected chi connectivity index (χ3v) is 8.30. The summed E-state index contributed by atoms with van der Waals surface area (Å²) < 4.78 is 18.2. The van der Waals surface area contributed by atoms with Crippen molar-refractivity contribution in [3.8, 4) is 11.3 Å². The second-order valence-electron chi connectivity index (χ2n) is 12.8. The maximum Gasteiger partial charge on any atom is 0.411 e. The smallest absolute Gasteiger partial charge is 0.411 e. The van der Waals surface area contributed by atoms with Crippen molar-refractivity contribution < 1.29 is 33.7 Å². The lowest BCUT2D eigenvalue weighted by Crippen LogP contribution is -2.36. The van der Waals surface area contributed by atoms with Crippen LogP contribution in [0.5, 0.6) is 0 Å². The van der Waals surface area contributed by atoms with Gasteiger partial charge in [-0.15, -0.1) is 0 Å². The topological polar surface area (TPSA) is 153 Å². The Morgan fingerprint density at radius 1 is 1.14 bits per heavy atom. The van der Waals surface area contributed by atoms with Gasteiger partial charge in [0.15, 0.2) is 0 Å². The highest BCUT2D eigenvalue weighted by atomic mass is 28.3. The Labute approximate surface area is 254 Å². The molecule has 2 amide bonds. The predicted molar refractivity (Wildman–Crippen MR) is 168 cm³/mol. The highest BCUT2D eigenvalue weighted by Gasteiger charge is 2.27. The van der Waals surface area contributed by atoms with E-state index in [1.54, 1.807) is 39.0 Å². The molecule has 1 aliphatic heterocycles. The number of nitrogens with zero attached hydrogens (tertiary/aromatic N) is 2. The Kier molecular flexibility index (Phi) is 11.0. The third kappa shape index (κ3) is 10.1. The van der Waals surface area contributed by atoms with E-state index in [9.17, 15) is 19.5 Å². The van der Waals surface area contributed by atoms with Crippen LogP contribution in [0.15, 0.2) is 30.5 Å². The van der Waals surface area contributed by atoms with Crippen LogP contribution in [0.1, 0.15) is 51.0 Å². The van der Waals surface area contributed by atoms with E-state index in [4.69, 9.17) is 19.2 Å². The van der Waals surface area contributed by atoms with E-state index in [0.29, 0.717) is 41.5 Å². The number of nitrogens with one attached hydrogen (secondary N) is 3. The zero-order valence-corrected chi connectivity index (χ0v) is 27.4. The number of aliphatic carboxylic acids is 1. The average Bonchev–Trinajstić information content (AvgIpc) is 3.28. The molecule has 0 radical (unpaired) electrons.